The zero-order valence-corrected chi connectivity index (χ0v) is 38.2. The first-order valence-electron chi connectivity index (χ1n) is 19.8. The second kappa shape index (κ2) is 17.7. The third-order valence-electron chi connectivity index (χ3n) is 11.8. The molecule has 55 heavy (non-hydrogen) atoms. The van der Waals surface area contributed by atoms with E-state index in [0.29, 0.717) is 5.92 Å². The molecule has 6 rings (SSSR count). The number of ketones is 1. The maximum Gasteiger partial charge on any atom is 0.164 e. The smallest absolute Gasteiger partial charge is 0.164 e. The number of hydrogen-bond donors (Lipinski definition) is 1. The minimum Gasteiger partial charge on any atom is -0.512 e. The Morgan fingerprint density at radius 1 is 0.891 bits per heavy atom. The van der Waals surface area contributed by atoms with Crippen LogP contribution < -0.4 is 0 Å². The number of carbonyl (C=O) groups excluding carboxylic acids is 1. The van der Waals surface area contributed by atoms with Crippen molar-refractivity contribution in [1.29, 1.82) is 0 Å². The van der Waals surface area contributed by atoms with E-state index in [4.69, 9.17) is 9.40 Å². The number of furan rings is 1. The van der Waals surface area contributed by atoms with E-state index in [0.717, 1.165) is 71.2 Å². The predicted molar refractivity (Wildman–Crippen MR) is 232 cm³/mol. The summed E-state index contributed by atoms with van der Waals surface area (Å²) in [6.07, 6.45) is 5.78. The van der Waals surface area contributed by atoms with E-state index < -0.39 is 0 Å². The Balaban J connectivity index is 0.000000320. The maximum absolute atomic E-state index is 12.2. The van der Waals surface area contributed by atoms with Gasteiger partial charge in [-0.15, -0.1) is 40.5 Å². The molecule has 0 saturated carbocycles. The average Bonchev–Trinajstić information content (AvgIpc) is 3.76. The van der Waals surface area contributed by atoms with Gasteiger partial charge < -0.3 is 9.52 Å². The van der Waals surface area contributed by atoms with E-state index >= 15 is 0 Å². The van der Waals surface area contributed by atoms with Crippen molar-refractivity contribution in [3.05, 3.63) is 101 Å². The number of nitrogens with zero attached hydrogens (tertiary/aromatic N) is 1. The zero-order chi connectivity index (χ0) is 39.6. The molecular weight excluding hydrogens is 875 g/mol. The van der Waals surface area contributed by atoms with Gasteiger partial charge in [-0.05, 0) is 79.0 Å². The Kier molecular flexibility index (Phi) is 14.2. The van der Waals surface area contributed by atoms with E-state index in [1.54, 1.807) is 11.3 Å². The van der Waals surface area contributed by atoms with Crippen molar-refractivity contribution in [2.75, 3.05) is 0 Å². The van der Waals surface area contributed by atoms with Crippen molar-refractivity contribution in [2.24, 2.45) is 16.7 Å². The van der Waals surface area contributed by atoms with Crippen LogP contribution in [0.25, 0.3) is 54.3 Å². The van der Waals surface area contributed by atoms with Crippen LogP contribution in [-0.4, -0.2) is 15.9 Å². The van der Waals surface area contributed by atoms with E-state index in [2.05, 4.69) is 114 Å². The van der Waals surface area contributed by atoms with Crippen molar-refractivity contribution >= 4 is 49.1 Å². The summed E-state index contributed by atoms with van der Waals surface area (Å²) >= 11 is 1.74. The fourth-order valence-corrected chi connectivity index (χ4v) is 7.95. The van der Waals surface area contributed by atoms with Crippen LogP contribution in [0, 0.1) is 29.7 Å². The summed E-state index contributed by atoms with van der Waals surface area (Å²) in [6, 6.07) is 25.5. The van der Waals surface area contributed by atoms with Crippen LogP contribution in [0.1, 0.15) is 119 Å². The number of fused-ring (bicyclic) bond motifs is 3. The Morgan fingerprint density at radius 3 is 2.16 bits per heavy atom. The molecule has 0 saturated heterocycles. The minimum absolute atomic E-state index is 0. The average molecular weight is 935 g/mol. The molecule has 0 aliphatic carbocycles. The molecule has 1 N–H and O–H groups in total. The van der Waals surface area contributed by atoms with E-state index in [1.807, 2.05) is 41.5 Å². The third-order valence-corrected chi connectivity index (χ3v) is 12.7. The molecule has 0 aliphatic rings. The van der Waals surface area contributed by atoms with Crippen LogP contribution in [0.2, 0.25) is 0 Å². The molecule has 295 valence electrons. The summed E-state index contributed by atoms with van der Waals surface area (Å²) in [5.41, 5.74) is 8.36. The molecule has 3 aromatic heterocycles. The molecule has 6 aromatic rings. The first kappa shape index (κ1) is 44.1. The molecular formula is C49H60IrNO3S-. The fourth-order valence-electron chi connectivity index (χ4n) is 7.08. The van der Waals surface area contributed by atoms with Crippen molar-refractivity contribution < 1.29 is 34.4 Å². The van der Waals surface area contributed by atoms with Gasteiger partial charge in [-0.2, -0.15) is 0 Å². The molecule has 1 radical (unpaired) electrons. The maximum atomic E-state index is 12.2. The number of carbonyl (C=O) groups is 1. The predicted octanol–water partition coefficient (Wildman–Crippen LogP) is 14.8. The molecule has 3 heterocycles. The van der Waals surface area contributed by atoms with Gasteiger partial charge in [0.05, 0.1) is 10.2 Å². The van der Waals surface area contributed by atoms with Crippen molar-refractivity contribution in [3.63, 3.8) is 0 Å². The summed E-state index contributed by atoms with van der Waals surface area (Å²) < 4.78 is 7.45. The first-order valence-corrected chi connectivity index (χ1v) is 20.7. The SMILES string of the molecule is CCC(C)(CC)C(=O)/C=C(\O)C(C)(CC)CC.Cc1oc2cc(-c3cc(-c4[c-]c5ccccc5c(C(C)(C)C)c4)nc4ccsc34)ccc2c1CC(C)C.[Ir]. The number of rotatable bonds is 11. The van der Waals surface area contributed by atoms with Gasteiger partial charge in [-0.25, -0.2) is 0 Å². The molecule has 3 aromatic carbocycles. The number of aryl methyl sites for hydroxylation is 1. The van der Waals surface area contributed by atoms with E-state index in [9.17, 15) is 9.90 Å². The number of aromatic nitrogens is 1. The van der Waals surface area contributed by atoms with Crippen LogP contribution in [0.4, 0.5) is 0 Å². The molecule has 0 atom stereocenters. The van der Waals surface area contributed by atoms with E-state index in [-0.39, 0.29) is 47.9 Å². The van der Waals surface area contributed by atoms with Gasteiger partial charge in [-0.1, -0.05) is 124 Å². The summed E-state index contributed by atoms with van der Waals surface area (Å²) in [5, 5.41) is 15.9. The van der Waals surface area contributed by atoms with Gasteiger partial charge in [0.15, 0.2) is 5.78 Å². The number of thiophene rings is 1. The van der Waals surface area contributed by atoms with Crippen LogP contribution in [0.15, 0.2) is 82.3 Å². The second-order valence-corrected chi connectivity index (χ2v) is 17.9. The summed E-state index contributed by atoms with van der Waals surface area (Å²) in [7, 11) is 0. The number of hydrogen-bond acceptors (Lipinski definition) is 5. The van der Waals surface area contributed by atoms with Gasteiger partial charge in [0.1, 0.15) is 17.1 Å². The van der Waals surface area contributed by atoms with Gasteiger partial charge in [-0.3, -0.25) is 9.78 Å². The van der Waals surface area contributed by atoms with Crippen LogP contribution >= 0.6 is 11.3 Å². The zero-order valence-electron chi connectivity index (χ0n) is 35.0. The van der Waals surface area contributed by atoms with Crippen molar-refractivity contribution in [2.45, 2.75) is 121 Å². The Labute approximate surface area is 347 Å². The van der Waals surface area contributed by atoms with Gasteiger partial charge >= 0.3 is 0 Å². The van der Waals surface area contributed by atoms with Gasteiger partial charge in [0.25, 0.3) is 0 Å². The topological polar surface area (TPSA) is 63.3 Å². The van der Waals surface area contributed by atoms with E-state index in [1.165, 1.54) is 38.2 Å². The Morgan fingerprint density at radius 2 is 1.55 bits per heavy atom. The molecule has 0 spiro atoms. The molecule has 6 heteroatoms. The molecule has 0 bridgehead atoms. The molecule has 0 fully saturated rings. The Bertz CT molecular complexity index is 2290. The number of pyridine rings is 1. The summed E-state index contributed by atoms with van der Waals surface area (Å²) in [5.74, 6) is 1.90. The van der Waals surface area contributed by atoms with Gasteiger partial charge in [0, 0.05) is 53.7 Å². The molecule has 4 nitrogen and oxygen atoms in total. The van der Waals surface area contributed by atoms with Gasteiger partial charge in [0.2, 0.25) is 0 Å². The second-order valence-electron chi connectivity index (χ2n) is 17.0. The van der Waals surface area contributed by atoms with Crippen LogP contribution in [0.5, 0.6) is 0 Å². The summed E-state index contributed by atoms with van der Waals surface area (Å²) in [4.78, 5) is 17.3. The van der Waals surface area contributed by atoms with Crippen LogP contribution in [-0.2, 0) is 36.7 Å². The number of benzene rings is 3. The number of allylic oxidation sites excluding steroid dienone is 2. The normalized spacial score (nSPS) is 12.6. The number of aliphatic hydroxyl groups is 1. The third kappa shape index (κ3) is 9.36. The minimum atomic E-state index is -0.337. The molecule has 0 unspecified atom stereocenters. The number of aliphatic hydroxyl groups excluding tert-OH is 1. The van der Waals surface area contributed by atoms with Crippen molar-refractivity contribution in [1.82, 2.24) is 4.98 Å². The standard InChI is InChI=1S/C34H32NOS.C15H28O2.Ir/c1-20(2)15-27-21(3)36-32-18-23(11-12-26(27)32)28-19-31(35-30-13-14-37-33(28)30)24-16-22-9-7-8-10-25(22)29(17-24)34(4,5)6;1-7-14(5,8-2)12(16)11-13(17)15(6,9-3)10-4;/h7-14,17-20H,15H2,1-6H3;11,16H,7-10H2,1-6H3;/q-1;;/b;12-11-;. The first-order chi connectivity index (χ1) is 25.5. The molecule has 0 amide bonds. The largest absolute Gasteiger partial charge is 0.512 e. The fraction of sp³-hybridized carbons (Fsp3) is 0.429. The van der Waals surface area contributed by atoms with Crippen molar-refractivity contribution in [3.8, 4) is 22.4 Å². The monoisotopic (exact) mass is 935 g/mol. The Hall–Kier alpha value is -3.57. The van der Waals surface area contributed by atoms with Crippen LogP contribution in [0.3, 0.4) is 0 Å². The quantitative estimate of drug-likeness (QED) is 0.0799. The summed E-state index contributed by atoms with van der Waals surface area (Å²) in [6.45, 7) is 25.5. The molecule has 0 aliphatic heterocycles.